The minimum Gasteiger partial charge on any atom is -0.493 e. The van der Waals surface area contributed by atoms with Crippen molar-refractivity contribution in [1.82, 2.24) is 9.29 Å². The highest BCUT2D eigenvalue weighted by Crippen LogP contribution is 2.58. The molecule has 3 heterocycles. The van der Waals surface area contributed by atoms with Gasteiger partial charge in [-0.2, -0.15) is 0 Å². The lowest BCUT2D eigenvalue weighted by molar-refractivity contribution is 0.0678. The fourth-order valence-electron chi connectivity index (χ4n) is 7.29. The molecule has 40 heavy (non-hydrogen) atoms. The number of rotatable bonds is 7. The normalized spacial score (nSPS) is 21.8. The highest BCUT2D eigenvalue weighted by atomic mass is 32.2. The maximum absolute atomic E-state index is 13.8. The summed E-state index contributed by atoms with van der Waals surface area (Å²) in [5.41, 5.74) is 5.74. The molecule has 1 aromatic carbocycles. The van der Waals surface area contributed by atoms with Crippen LogP contribution in [0.4, 0.5) is 0 Å². The average Bonchev–Trinajstić information content (AvgIpc) is 3.63. The first-order chi connectivity index (χ1) is 19.1. The van der Waals surface area contributed by atoms with Gasteiger partial charge in [-0.15, -0.1) is 0 Å². The SMILES string of the molecule is Cc1c(S(=O)(=O)NCC2CCOCC2)cc(-c2cc(C(C)(C)C)c3c(c2)C2(CCO3)CC2)n1CC1CCCCC1. The minimum atomic E-state index is -3.64. The molecule has 0 atom stereocenters. The van der Waals surface area contributed by atoms with E-state index in [-0.39, 0.29) is 10.8 Å². The number of hydrogen-bond acceptors (Lipinski definition) is 4. The summed E-state index contributed by atoms with van der Waals surface area (Å²) in [5, 5.41) is 0. The van der Waals surface area contributed by atoms with Gasteiger partial charge in [0.15, 0.2) is 0 Å². The Bertz CT molecular complexity index is 1320. The maximum Gasteiger partial charge on any atom is 0.242 e. The van der Waals surface area contributed by atoms with Crippen molar-refractivity contribution in [2.24, 2.45) is 11.8 Å². The van der Waals surface area contributed by atoms with Crippen molar-refractivity contribution in [2.75, 3.05) is 26.4 Å². The van der Waals surface area contributed by atoms with E-state index in [1.807, 2.05) is 13.0 Å². The van der Waals surface area contributed by atoms with Crippen molar-refractivity contribution in [3.05, 3.63) is 35.0 Å². The fourth-order valence-corrected chi connectivity index (χ4v) is 8.66. The van der Waals surface area contributed by atoms with Crippen LogP contribution in [0.25, 0.3) is 11.3 Å². The lowest BCUT2D eigenvalue weighted by atomic mass is 9.79. The second-order valence-corrected chi connectivity index (χ2v) is 15.8. The zero-order chi connectivity index (χ0) is 28.1. The quantitative estimate of drug-likeness (QED) is 0.396. The third kappa shape index (κ3) is 5.50. The summed E-state index contributed by atoms with van der Waals surface area (Å²) < 4.78 is 44.7. The van der Waals surface area contributed by atoms with Crippen LogP contribution >= 0.6 is 0 Å². The molecule has 1 aromatic heterocycles. The largest absolute Gasteiger partial charge is 0.493 e. The molecular weight excluding hydrogens is 520 g/mol. The molecule has 0 unspecified atom stereocenters. The van der Waals surface area contributed by atoms with E-state index in [0.717, 1.165) is 55.1 Å². The molecule has 7 heteroatoms. The van der Waals surface area contributed by atoms with Crippen LogP contribution < -0.4 is 9.46 Å². The first-order valence-electron chi connectivity index (χ1n) is 15.7. The standard InChI is InChI=1S/C33H48N2O4S/c1-23-30(40(36,37)34-21-24-10-15-38-16-11-24)20-29(35(23)22-25-8-6-5-7-9-25)26-18-27(32(2,3)4)31-28(19-26)33(12-13-33)14-17-39-31/h18-20,24-25,34H,5-17,21-22H2,1-4H3. The number of nitrogens with one attached hydrogen (secondary N) is 1. The molecule has 2 saturated carbocycles. The van der Waals surface area contributed by atoms with E-state index in [1.54, 1.807) is 0 Å². The van der Waals surface area contributed by atoms with E-state index in [4.69, 9.17) is 9.47 Å². The minimum absolute atomic E-state index is 0.0798. The lowest BCUT2D eigenvalue weighted by Crippen LogP contribution is -2.32. The van der Waals surface area contributed by atoms with Gasteiger partial charge in [0.1, 0.15) is 10.6 Å². The summed E-state index contributed by atoms with van der Waals surface area (Å²) >= 11 is 0. The first kappa shape index (κ1) is 28.3. The van der Waals surface area contributed by atoms with E-state index in [1.165, 1.54) is 56.1 Å². The zero-order valence-electron chi connectivity index (χ0n) is 25.0. The molecule has 1 saturated heterocycles. The maximum atomic E-state index is 13.8. The number of benzene rings is 1. The molecule has 2 aliphatic carbocycles. The number of fused-ring (bicyclic) bond motifs is 2. The molecule has 6 nitrogen and oxygen atoms in total. The highest BCUT2D eigenvalue weighted by Gasteiger charge is 2.49. The van der Waals surface area contributed by atoms with Gasteiger partial charge in [-0.25, -0.2) is 13.1 Å². The summed E-state index contributed by atoms with van der Waals surface area (Å²) in [4.78, 5) is 0.429. The Hall–Kier alpha value is -1.83. The zero-order valence-corrected chi connectivity index (χ0v) is 25.8. The van der Waals surface area contributed by atoms with Crippen LogP contribution in [-0.4, -0.2) is 39.4 Å². The third-order valence-corrected chi connectivity index (χ3v) is 11.7. The third-order valence-electron chi connectivity index (χ3n) is 10.1. The Balaban J connectivity index is 1.43. The number of hydrogen-bond donors (Lipinski definition) is 1. The molecule has 2 aliphatic heterocycles. The number of sulfonamides is 1. The summed E-state index contributed by atoms with van der Waals surface area (Å²) in [7, 11) is -3.64. The lowest BCUT2D eigenvalue weighted by Gasteiger charge is -2.33. The predicted octanol–water partition coefficient (Wildman–Crippen LogP) is 6.86. The number of nitrogens with zero attached hydrogens (tertiary/aromatic N) is 1. The summed E-state index contributed by atoms with van der Waals surface area (Å²) in [6, 6.07) is 6.59. The van der Waals surface area contributed by atoms with Gasteiger partial charge in [0.25, 0.3) is 0 Å². The van der Waals surface area contributed by atoms with Crippen LogP contribution in [0.1, 0.15) is 102 Å². The fraction of sp³-hybridized carbons (Fsp3) is 0.697. The van der Waals surface area contributed by atoms with Gasteiger partial charge < -0.3 is 14.0 Å². The predicted molar refractivity (Wildman–Crippen MR) is 160 cm³/mol. The van der Waals surface area contributed by atoms with Gasteiger partial charge in [0.2, 0.25) is 10.0 Å². The van der Waals surface area contributed by atoms with Crippen molar-refractivity contribution >= 4 is 10.0 Å². The van der Waals surface area contributed by atoms with Crippen LogP contribution in [0.5, 0.6) is 5.75 Å². The Morgan fingerprint density at radius 3 is 2.35 bits per heavy atom. The molecule has 4 aliphatic rings. The number of ether oxygens (including phenoxy) is 2. The van der Waals surface area contributed by atoms with Crippen LogP contribution in [0.2, 0.25) is 0 Å². The molecule has 2 aromatic rings. The van der Waals surface area contributed by atoms with Gasteiger partial charge >= 0.3 is 0 Å². The molecule has 1 N–H and O–H groups in total. The van der Waals surface area contributed by atoms with E-state index in [9.17, 15) is 8.42 Å². The molecule has 0 radical (unpaired) electrons. The molecule has 1 spiro atoms. The monoisotopic (exact) mass is 568 g/mol. The van der Waals surface area contributed by atoms with Crippen molar-refractivity contribution < 1.29 is 17.9 Å². The topological polar surface area (TPSA) is 69.6 Å². The molecule has 0 bridgehead atoms. The number of aromatic nitrogens is 1. The van der Waals surface area contributed by atoms with Crippen LogP contribution in [0.3, 0.4) is 0 Å². The van der Waals surface area contributed by atoms with E-state index >= 15 is 0 Å². The van der Waals surface area contributed by atoms with Gasteiger partial charge in [-0.3, -0.25) is 0 Å². The van der Waals surface area contributed by atoms with E-state index in [0.29, 0.717) is 36.5 Å². The summed E-state index contributed by atoms with van der Waals surface area (Å²) in [6.07, 6.45) is 11.6. The Labute approximate surface area is 241 Å². The van der Waals surface area contributed by atoms with Crippen molar-refractivity contribution in [2.45, 2.75) is 114 Å². The van der Waals surface area contributed by atoms with Crippen molar-refractivity contribution in [3.8, 4) is 17.0 Å². The average molecular weight is 569 g/mol. The summed E-state index contributed by atoms with van der Waals surface area (Å²) in [5.74, 6) is 1.99. The van der Waals surface area contributed by atoms with Gasteiger partial charge in [-0.1, -0.05) is 40.0 Å². The van der Waals surface area contributed by atoms with Gasteiger partial charge in [0.05, 0.1) is 6.61 Å². The summed E-state index contributed by atoms with van der Waals surface area (Å²) in [6.45, 7) is 12.3. The molecule has 0 amide bonds. The second kappa shape index (κ2) is 10.8. The Kier molecular flexibility index (Phi) is 7.62. The van der Waals surface area contributed by atoms with Crippen LogP contribution in [-0.2, 0) is 32.1 Å². The van der Waals surface area contributed by atoms with Gasteiger partial charge in [0, 0.05) is 54.2 Å². The molecule has 6 rings (SSSR count). The Morgan fingerprint density at radius 2 is 1.68 bits per heavy atom. The van der Waals surface area contributed by atoms with Crippen molar-refractivity contribution in [1.29, 1.82) is 0 Å². The Morgan fingerprint density at radius 1 is 0.950 bits per heavy atom. The molecule has 220 valence electrons. The molecule has 3 fully saturated rings. The van der Waals surface area contributed by atoms with Crippen LogP contribution in [0, 0.1) is 18.8 Å². The van der Waals surface area contributed by atoms with E-state index < -0.39 is 10.0 Å². The molecular formula is C33H48N2O4S. The van der Waals surface area contributed by atoms with E-state index in [2.05, 4.69) is 42.2 Å². The smallest absolute Gasteiger partial charge is 0.242 e. The van der Waals surface area contributed by atoms with Gasteiger partial charge in [-0.05, 0) is 92.9 Å². The second-order valence-electron chi connectivity index (χ2n) is 14.0. The highest BCUT2D eigenvalue weighted by molar-refractivity contribution is 7.89. The van der Waals surface area contributed by atoms with Crippen LogP contribution in [0.15, 0.2) is 23.1 Å². The van der Waals surface area contributed by atoms with Crippen molar-refractivity contribution in [3.63, 3.8) is 0 Å². The first-order valence-corrected chi connectivity index (χ1v) is 17.2.